The Bertz CT molecular complexity index is 1590. The van der Waals surface area contributed by atoms with Crippen molar-refractivity contribution in [3.63, 3.8) is 0 Å². The standard InChI is InChI=1S/C33H37FN6O4/c1-22(44-26-9-10-26)21-43-33-36-29-20-38(30-17-25(41)16-23-6-3-4-7-27(23)30)13-11-28(29)32(37-33)39-14-15-40(24(19-39)18-35-2)31(42)8-5-12-34/h3-8,16-17,22,24,26,41H,9-15,18-21H2,1H3/b8-5+/t22-,24-/m0/s1. The van der Waals surface area contributed by atoms with E-state index in [1.54, 1.807) is 17.0 Å². The van der Waals surface area contributed by atoms with Gasteiger partial charge < -0.3 is 34.1 Å². The van der Waals surface area contributed by atoms with Crippen molar-refractivity contribution in [1.82, 2.24) is 14.9 Å². The van der Waals surface area contributed by atoms with E-state index in [2.05, 4.69) is 20.7 Å². The lowest BCUT2D eigenvalue weighted by molar-refractivity contribution is -0.128. The fourth-order valence-electron chi connectivity index (χ4n) is 6.06. The average Bonchev–Trinajstić information content (AvgIpc) is 3.85. The first-order chi connectivity index (χ1) is 21.4. The van der Waals surface area contributed by atoms with Gasteiger partial charge in [0.2, 0.25) is 12.5 Å². The van der Waals surface area contributed by atoms with E-state index in [1.165, 1.54) is 12.2 Å². The number of rotatable bonds is 10. The summed E-state index contributed by atoms with van der Waals surface area (Å²) in [5, 5.41) is 12.5. The van der Waals surface area contributed by atoms with Crippen molar-refractivity contribution in [2.24, 2.45) is 0 Å². The van der Waals surface area contributed by atoms with E-state index in [0.29, 0.717) is 51.9 Å². The number of piperazine rings is 1. The number of halogens is 1. The molecule has 44 heavy (non-hydrogen) atoms. The third-order valence-corrected chi connectivity index (χ3v) is 8.30. The van der Waals surface area contributed by atoms with E-state index in [0.717, 1.165) is 46.4 Å². The molecule has 230 valence electrons. The van der Waals surface area contributed by atoms with Crippen LogP contribution in [0, 0.1) is 6.57 Å². The van der Waals surface area contributed by atoms with E-state index in [-0.39, 0.29) is 36.4 Å². The maximum atomic E-state index is 12.8. The summed E-state index contributed by atoms with van der Waals surface area (Å²) in [6.07, 6.45) is 5.47. The zero-order valence-electron chi connectivity index (χ0n) is 24.9. The molecule has 0 bridgehead atoms. The van der Waals surface area contributed by atoms with Crippen LogP contribution in [0.4, 0.5) is 15.9 Å². The molecule has 3 aliphatic rings. The fourth-order valence-corrected chi connectivity index (χ4v) is 6.06. The van der Waals surface area contributed by atoms with E-state index < -0.39 is 6.67 Å². The number of phenolic OH excluding ortho intramolecular Hbond substituents is 1. The molecule has 3 aromatic rings. The Kier molecular flexibility index (Phi) is 8.79. The van der Waals surface area contributed by atoms with Gasteiger partial charge in [-0.3, -0.25) is 4.79 Å². The number of hydrogen-bond donors (Lipinski definition) is 1. The lowest BCUT2D eigenvalue weighted by Gasteiger charge is -2.41. The van der Waals surface area contributed by atoms with E-state index in [4.69, 9.17) is 26.0 Å². The van der Waals surface area contributed by atoms with Crippen molar-refractivity contribution >= 4 is 28.2 Å². The summed E-state index contributed by atoms with van der Waals surface area (Å²) in [4.78, 5) is 32.1. The average molecular weight is 601 g/mol. The van der Waals surface area contributed by atoms with Crippen LogP contribution in [0.2, 0.25) is 0 Å². The summed E-state index contributed by atoms with van der Waals surface area (Å²) >= 11 is 0. The van der Waals surface area contributed by atoms with E-state index in [1.807, 2.05) is 25.1 Å². The van der Waals surface area contributed by atoms with Crippen LogP contribution >= 0.6 is 0 Å². The van der Waals surface area contributed by atoms with Crippen molar-refractivity contribution in [3.05, 3.63) is 71.2 Å². The van der Waals surface area contributed by atoms with Gasteiger partial charge in [0.25, 0.3) is 0 Å². The molecule has 0 radical (unpaired) electrons. The van der Waals surface area contributed by atoms with Crippen LogP contribution in [0.25, 0.3) is 15.6 Å². The molecule has 1 aliphatic carbocycles. The topological polar surface area (TPSA) is 95.6 Å². The van der Waals surface area contributed by atoms with Crippen molar-refractivity contribution in [1.29, 1.82) is 0 Å². The van der Waals surface area contributed by atoms with Crippen LogP contribution in [-0.2, 0) is 22.5 Å². The molecular weight excluding hydrogens is 563 g/mol. The van der Waals surface area contributed by atoms with Gasteiger partial charge in [-0.1, -0.05) is 24.3 Å². The number of fused-ring (bicyclic) bond motifs is 2. The van der Waals surface area contributed by atoms with Crippen LogP contribution in [0.3, 0.4) is 0 Å². The first-order valence-electron chi connectivity index (χ1n) is 15.2. The number of carbonyl (C=O) groups excluding carboxylic acids is 1. The normalized spacial score (nSPS) is 19.2. The summed E-state index contributed by atoms with van der Waals surface area (Å²) in [5.41, 5.74) is 2.79. The molecule has 2 aliphatic heterocycles. The van der Waals surface area contributed by atoms with Gasteiger partial charge in [0.15, 0.2) is 0 Å². The number of ether oxygens (including phenoxy) is 2. The second-order valence-electron chi connectivity index (χ2n) is 11.6. The molecule has 1 N–H and O–H groups in total. The van der Waals surface area contributed by atoms with Gasteiger partial charge in [0, 0.05) is 55.0 Å². The smallest absolute Gasteiger partial charge is 0.318 e. The highest BCUT2D eigenvalue weighted by molar-refractivity contribution is 5.95. The minimum Gasteiger partial charge on any atom is -0.508 e. The number of aromatic hydroxyl groups is 1. The molecular formula is C33H37FN6O4. The predicted molar refractivity (Wildman–Crippen MR) is 166 cm³/mol. The molecule has 11 heteroatoms. The van der Waals surface area contributed by atoms with Crippen molar-refractivity contribution < 1.29 is 23.8 Å². The molecule has 1 aromatic heterocycles. The number of allylic oxidation sites excluding steroid dienone is 1. The number of aromatic nitrogens is 2. The van der Waals surface area contributed by atoms with Gasteiger partial charge in [0.1, 0.15) is 30.9 Å². The van der Waals surface area contributed by atoms with Gasteiger partial charge in [0.05, 0.1) is 24.4 Å². The number of benzene rings is 2. The van der Waals surface area contributed by atoms with Crippen LogP contribution in [-0.4, -0.2) is 90.1 Å². The second kappa shape index (κ2) is 13.1. The summed E-state index contributed by atoms with van der Waals surface area (Å²) in [5.74, 6) is 0.673. The highest BCUT2D eigenvalue weighted by Gasteiger charge is 2.35. The molecule has 0 unspecified atom stereocenters. The molecule has 3 heterocycles. The molecule has 2 atom stereocenters. The predicted octanol–water partition coefficient (Wildman–Crippen LogP) is 4.31. The number of alkyl halides is 1. The highest BCUT2D eigenvalue weighted by atomic mass is 19.1. The number of hydrogen-bond acceptors (Lipinski definition) is 8. The first-order valence-corrected chi connectivity index (χ1v) is 15.2. The SMILES string of the molecule is [C-]#[N+]C[C@H]1CN(c2nc(OC[C@H](C)OC3CC3)nc3c2CCN(c2cc(O)cc4ccccc24)C3)CCN1C(=O)/C=C/CF. The maximum absolute atomic E-state index is 12.8. The Hall–Kier alpha value is -4.43. The third kappa shape index (κ3) is 6.55. The number of anilines is 2. The highest BCUT2D eigenvalue weighted by Crippen LogP contribution is 2.37. The lowest BCUT2D eigenvalue weighted by Crippen LogP contribution is -2.56. The van der Waals surface area contributed by atoms with E-state index >= 15 is 0 Å². The number of phenols is 1. The molecule has 1 saturated carbocycles. The van der Waals surface area contributed by atoms with Crippen LogP contribution in [0.1, 0.15) is 31.0 Å². The Labute approximate surface area is 256 Å². The molecule has 1 amide bonds. The number of carbonyl (C=O) groups is 1. The van der Waals surface area contributed by atoms with Gasteiger partial charge in [-0.2, -0.15) is 9.97 Å². The Morgan fingerprint density at radius 3 is 2.84 bits per heavy atom. The van der Waals surface area contributed by atoms with Crippen LogP contribution in [0.5, 0.6) is 11.8 Å². The van der Waals surface area contributed by atoms with Crippen molar-refractivity contribution in [3.8, 4) is 11.8 Å². The summed E-state index contributed by atoms with van der Waals surface area (Å²) in [7, 11) is 0. The van der Waals surface area contributed by atoms with Crippen molar-refractivity contribution in [2.45, 2.75) is 51.0 Å². The summed E-state index contributed by atoms with van der Waals surface area (Å²) < 4.78 is 24.8. The number of amides is 1. The third-order valence-electron chi connectivity index (χ3n) is 8.30. The van der Waals surface area contributed by atoms with Crippen molar-refractivity contribution in [2.75, 3.05) is 55.8 Å². The minimum atomic E-state index is -0.714. The van der Waals surface area contributed by atoms with Gasteiger partial charge >= 0.3 is 6.01 Å². The van der Waals surface area contributed by atoms with Gasteiger partial charge in [-0.15, -0.1) is 0 Å². The zero-order valence-corrected chi connectivity index (χ0v) is 24.9. The van der Waals surface area contributed by atoms with Gasteiger partial charge in [-0.05, 0) is 43.7 Å². The molecule has 2 aromatic carbocycles. The monoisotopic (exact) mass is 600 g/mol. The first kappa shape index (κ1) is 29.6. The van der Waals surface area contributed by atoms with Crippen LogP contribution in [0.15, 0.2) is 48.6 Å². The maximum Gasteiger partial charge on any atom is 0.318 e. The summed E-state index contributed by atoms with van der Waals surface area (Å²) in [6.45, 7) is 11.7. The summed E-state index contributed by atoms with van der Waals surface area (Å²) in [6, 6.07) is 11.5. The molecule has 10 nitrogen and oxygen atoms in total. The molecule has 2 fully saturated rings. The lowest BCUT2D eigenvalue weighted by atomic mass is 10.0. The quantitative estimate of drug-likeness (QED) is 0.272. The molecule has 1 saturated heterocycles. The Balaban J connectivity index is 1.31. The van der Waals surface area contributed by atoms with Gasteiger partial charge in [-0.25, -0.2) is 11.0 Å². The second-order valence-corrected chi connectivity index (χ2v) is 11.6. The Morgan fingerprint density at radius 1 is 1.20 bits per heavy atom. The molecule has 0 spiro atoms. The Morgan fingerprint density at radius 2 is 2.05 bits per heavy atom. The molecule has 6 rings (SSSR count). The largest absolute Gasteiger partial charge is 0.508 e. The van der Waals surface area contributed by atoms with Crippen LogP contribution < -0.4 is 14.5 Å². The number of nitrogens with zero attached hydrogens (tertiary/aromatic N) is 6. The van der Waals surface area contributed by atoms with E-state index in [9.17, 15) is 14.3 Å². The zero-order chi connectivity index (χ0) is 30.6. The fraction of sp³-hybridized carbons (Fsp3) is 0.455. The minimum absolute atomic E-state index is 0.101.